The summed E-state index contributed by atoms with van der Waals surface area (Å²) in [5.74, 6) is -0.195. The minimum atomic E-state index is -0.195. The number of aromatic nitrogens is 3. The van der Waals surface area contributed by atoms with Crippen molar-refractivity contribution in [3.8, 4) is 6.07 Å². The minimum Gasteiger partial charge on any atom is -0.371 e. The van der Waals surface area contributed by atoms with Gasteiger partial charge in [0.25, 0.3) is 5.56 Å². The number of pyridine rings is 1. The lowest BCUT2D eigenvalue weighted by atomic mass is 9.97. The molecule has 0 N–H and O–H groups in total. The number of anilines is 2. The van der Waals surface area contributed by atoms with E-state index in [1.54, 1.807) is 40.7 Å². The van der Waals surface area contributed by atoms with Crippen molar-refractivity contribution in [3.05, 3.63) is 52.2 Å². The predicted molar refractivity (Wildman–Crippen MR) is 135 cm³/mol. The second-order valence-electron chi connectivity index (χ2n) is 9.91. The Labute approximate surface area is 204 Å². The molecule has 0 amide bonds. The van der Waals surface area contributed by atoms with Gasteiger partial charge in [0, 0.05) is 63.1 Å². The van der Waals surface area contributed by atoms with Gasteiger partial charge in [0.05, 0.1) is 23.5 Å². The Kier molecular flexibility index (Phi) is 6.01. The molecule has 2 aromatic heterocycles. The van der Waals surface area contributed by atoms with Gasteiger partial charge in [-0.2, -0.15) is 10.4 Å². The van der Waals surface area contributed by atoms with Gasteiger partial charge in [-0.05, 0) is 44.9 Å². The van der Waals surface area contributed by atoms with Crippen LogP contribution in [0.25, 0.3) is 11.0 Å². The first kappa shape index (κ1) is 23.4. The van der Waals surface area contributed by atoms with Crippen molar-refractivity contribution in [3.63, 3.8) is 0 Å². The summed E-state index contributed by atoms with van der Waals surface area (Å²) >= 11 is 0. The molecule has 1 aromatic carbocycles. The molecular weight excluding hydrogens is 445 g/mol. The summed E-state index contributed by atoms with van der Waals surface area (Å²) in [7, 11) is 1.73. The van der Waals surface area contributed by atoms with Gasteiger partial charge >= 0.3 is 0 Å². The molecule has 9 heteroatoms. The first-order valence-electron chi connectivity index (χ1n) is 12.3. The molecule has 4 heterocycles. The van der Waals surface area contributed by atoms with E-state index in [1.165, 1.54) is 0 Å². The third-order valence-corrected chi connectivity index (χ3v) is 7.65. The molecule has 2 saturated heterocycles. The van der Waals surface area contributed by atoms with Gasteiger partial charge in [0.2, 0.25) is 0 Å². The number of hydrogen-bond acceptors (Lipinski definition) is 6. The van der Waals surface area contributed by atoms with Crippen molar-refractivity contribution >= 4 is 22.4 Å². The van der Waals surface area contributed by atoms with Crippen LogP contribution in [0.3, 0.4) is 0 Å². The van der Waals surface area contributed by atoms with E-state index in [0.717, 1.165) is 60.6 Å². The highest BCUT2D eigenvalue weighted by molar-refractivity contribution is 5.88. The zero-order valence-corrected chi connectivity index (χ0v) is 20.8. The molecule has 0 aliphatic carbocycles. The molecule has 2 aliphatic heterocycles. The maximum Gasteiger partial charge on any atom is 0.252 e. The van der Waals surface area contributed by atoms with Crippen LogP contribution < -0.4 is 15.4 Å². The van der Waals surface area contributed by atoms with Gasteiger partial charge in [-0.1, -0.05) is 6.07 Å². The van der Waals surface area contributed by atoms with E-state index >= 15 is 0 Å². The van der Waals surface area contributed by atoms with Gasteiger partial charge in [-0.25, -0.2) is 4.39 Å². The van der Waals surface area contributed by atoms with E-state index in [9.17, 15) is 9.18 Å². The van der Waals surface area contributed by atoms with Crippen molar-refractivity contribution in [2.75, 3.05) is 36.0 Å². The summed E-state index contributed by atoms with van der Waals surface area (Å²) in [4.78, 5) is 19.8. The van der Waals surface area contributed by atoms with Crippen LogP contribution in [-0.2, 0) is 13.6 Å². The summed E-state index contributed by atoms with van der Waals surface area (Å²) in [6.45, 7) is 10.2. The van der Waals surface area contributed by atoms with E-state index in [0.29, 0.717) is 0 Å². The molecule has 1 unspecified atom stereocenters. The standard InChI is InChI=1S/C26H32FN7O/c1-17-15-34(23-13-25(35)30(4)24-16-32(11-8-28)29-26(23)24)18(2)14-33(17)19(3)21-7-6-20(27)12-22(21)31-9-5-10-31/h6-7,12-13,16-19H,5,9-11,14-15H2,1-4H3/t17-,18+,19?/m1/s1. The number of nitriles is 1. The molecule has 0 saturated carbocycles. The number of piperazine rings is 1. The van der Waals surface area contributed by atoms with Crippen LogP contribution in [0.4, 0.5) is 15.8 Å². The lowest BCUT2D eigenvalue weighted by Crippen LogP contribution is -2.57. The molecular formula is C26H32FN7O. The van der Waals surface area contributed by atoms with Crippen molar-refractivity contribution in [1.82, 2.24) is 19.2 Å². The number of rotatable bonds is 5. The second kappa shape index (κ2) is 9.00. The molecule has 2 fully saturated rings. The van der Waals surface area contributed by atoms with E-state index in [-0.39, 0.29) is 36.0 Å². The largest absolute Gasteiger partial charge is 0.371 e. The van der Waals surface area contributed by atoms with Crippen molar-refractivity contribution < 1.29 is 4.39 Å². The predicted octanol–water partition coefficient (Wildman–Crippen LogP) is 3.27. The normalized spacial score (nSPS) is 21.7. The van der Waals surface area contributed by atoms with Crippen LogP contribution in [0.2, 0.25) is 0 Å². The van der Waals surface area contributed by atoms with Crippen LogP contribution >= 0.6 is 0 Å². The number of halogens is 1. The average Bonchev–Trinajstić information content (AvgIpc) is 3.21. The molecule has 5 rings (SSSR count). The number of fused-ring (bicyclic) bond motifs is 1. The van der Waals surface area contributed by atoms with E-state index in [4.69, 9.17) is 5.26 Å². The molecule has 35 heavy (non-hydrogen) atoms. The summed E-state index contributed by atoms with van der Waals surface area (Å²) in [6, 6.07) is 9.42. The minimum absolute atomic E-state index is 0.0924. The van der Waals surface area contributed by atoms with Crippen LogP contribution in [0.1, 0.15) is 38.8 Å². The number of nitrogens with zero attached hydrogens (tertiary/aromatic N) is 7. The Morgan fingerprint density at radius 3 is 2.63 bits per heavy atom. The maximum atomic E-state index is 14.1. The van der Waals surface area contributed by atoms with Gasteiger partial charge in [-0.15, -0.1) is 0 Å². The summed E-state index contributed by atoms with van der Waals surface area (Å²) in [5.41, 5.74) is 4.34. The Hall–Kier alpha value is -3.38. The first-order valence-corrected chi connectivity index (χ1v) is 12.3. The molecule has 3 atom stereocenters. The Balaban J connectivity index is 1.45. The fourth-order valence-electron chi connectivity index (χ4n) is 5.52. The van der Waals surface area contributed by atoms with Gasteiger partial charge in [-0.3, -0.25) is 14.4 Å². The van der Waals surface area contributed by atoms with E-state index < -0.39 is 0 Å². The molecule has 8 nitrogen and oxygen atoms in total. The van der Waals surface area contributed by atoms with Crippen LogP contribution in [-0.4, -0.2) is 57.5 Å². The van der Waals surface area contributed by atoms with Gasteiger partial charge < -0.3 is 14.4 Å². The van der Waals surface area contributed by atoms with Crippen LogP contribution in [0.15, 0.2) is 35.3 Å². The molecule has 0 spiro atoms. The monoisotopic (exact) mass is 477 g/mol. The van der Waals surface area contributed by atoms with E-state index in [1.807, 2.05) is 6.07 Å². The lowest BCUT2D eigenvalue weighted by Gasteiger charge is -2.48. The fraction of sp³-hybridized carbons (Fsp3) is 0.500. The maximum absolute atomic E-state index is 14.1. The van der Waals surface area contributed by atoms with Gasteiger partial charge in [0.15, 0.2) is 0 Å². The molecule has 184 valence electrons. The summed E-state index contributed by atoms with van der Waals surface area (Å²) in [6.07, 6.45) is 2.91. The summed E-state index contributed by atoms with van der Waals surface area (Å²) in [5, 5.41) is 13.7. The van der Waals surface area contributed by atoms with Gasteiger partial charge in [0.1, 0.15) is 17.9 Å². The highest BCUT2D eigenvalue weighted by Crippen LogP contribution is 2.37. The van der Waals surface area contributed by atoms with Crippen LogP contribution in [0.5, 0.6) is 0 Å². The molecule has 3 aromatic rings. The highest BCUT2D eigenvalue weighted by atomic mass is 19.1. The third-order valence-electron chi connectivity index (χ3n) is 7.65. The van der Waals surface area contributed by atoms with Crippen molar-refractivity contribution in [2.45, 2.75) is 51.9 Å². The smallest absolute Gasteiger partial charge is 0.252 e. The number of benzene rings is 1. The third kappa shape index (κ3) is 4.06. The lowest BCUT2D eigenvalue weighted by molar-refractivity contribution is 0.119. The first-order chi connectivity index (χ1) is 16.8. The Morgan fingerprint density at radius 1 is 1.17 bits per heavy atom. The number of aryl methyl sites for hydroxylation is 1. The second-order valence-corrected chi connectivity index (χ2v) is 9.91. The quantitative estimate of drug-likeness (QED) is 0.562. The highest BCUT2D eigenvalue weighted by Gasteiger charge is 2.35. The molecule has 2 aliphatic rings. The van der Waals surface area contributed by atoms with Crippen molar-refractivity contribution in [1.29, 1.82) is 5.26 Å². The van der Waals surface area contributed by atoms with Crippen molar-refractivity contribution in [2.24, 2.45) is 7.05 Å². The average molecular weight is 478 g/mol. The fourth-order valence-corrected chi connectivity index (χ4v) is 5.52. The summed E-state index contributed by atoms with van der Waals surface area (Å²) < 4.78 is 17.3. The molecule has 0 bridgehead atoms. The topological polar surface area (TPSA) is 73.3 Å². The Bertz CT molecular complexity index is 1350. The zero-order valence-electron chi connectivity index (χ0n) is 20.8. The zero-order chi connectivity index (χ0) is 24.9. The van der Waals surface area contributed by atoms with E-state index in [2.05, 4.69) is 46.6 Å². The number of hydrogen-bond donors (Lipinski definition) is 0. The van der Waals surface area contributed by atoms with Crippen LogP contribution in [0, 0.1) is 17.1 Å². The Morgan fingerprint density at radius 2 is 1.94 bits per heavy atom. The molecule has 0 radical (unpaired) electrons. The SMILES string of the molecule is CC(c1ccc(F)cc1N1CCC1)N1C[C@H](C)N(c2cc(=O)n(C)c3cn(CC#N)nc23)C[C@H]1C.